The number of likely N-dealkylation sites (tertiary alicyclic amines) is 1. The highest BCUT2D eigenvalue weighted by Gasteiger charge is 2.31. The Morgan fingerprint density at radius 2 is 1.79 bits per heavy atom. The van der Waals surface area contributed by atoms with Crippen molar-refractivity contribution in [2.24, 2.45) is 18.9 Å². The van der Waals surface area contributed by atoms with Crippen LogP contribution in [-0.4, -0.2) is 45.9 Å². The van der Waals surface area contributed by atoms with Gasteiger partial charge in [-0.2, -0.15) is 0 Å². The van der Waals surface area contributed by atoms with Crippen LogP contribution in [0.3, 0.4) is 0 Å². The highest BCUT2D eigenvalue weighted by atomic mass is 16.2. The second-order valence-corrected chi connectivity index (χ2v) is 8.20. The van der Waals surface area contributed by atoms with Gasteiger partial charge in [0.2, 0.25) is 11.8 Å². The molecule has 2 fully saturated rings. The minimum Gasteiger partial charge on any atom is -0.355 e. The Morgan fingerprint density at radius 3 is 2.50 bits per heavy atom. The summed E-state index contributed by atoms with van der Waals surface area (Å²) in [5, 5.41) is 3.08. The summed E-state index contributed by atoms with van der Waals surface area (Å²) in [7, 11) is 2.02. The van der Waals surface area contributed by atoms with Gasteiger partial charge in [-0.25, -0.2) is 4.98 Å². The van der Waals surface area contributed by atoms with Gasteiger partial charge in [-0.15, -0.1) is 0 Å². The normalized spacial score (nSPS) is 18.7. The molecule has 0 unspecified atom stereocenters. The van der Waals surface area contributed by atoms with Crippen LogP contribution in [0.15, 0.2) is 24.3 Å². The van der Waals surface area contributed by atoms with E-state index in [2.05, 4.69) is 20.9 Å². The number of nitrogens with zero attached hydrogens (tertiary/aromatic N) is 3. The van der Waals surface area contributed by atoms with Crippen molar-refractivity contribution in [3.05, 3.63) is 30.1 Å². The molecule has 1 N–H and O–H groups in total. The van der Waals surface area contributed by atoms with Crippen LogP contribution in [0.4, 0.5) is 0 Å². The number of imidazole rings is 1. The zero-order valence-corrected chi connectivity index (χ0v) is 16.7. The molecule has 2 aliphatic rings. The Hall–Kier alpha value is -2.37. The Kier molecular flexibility index (Phi) is 5.64. The van der Waals surface area contributed by atoms with Gasteiger partial charge in [0.15, 0.2) is 0 Å². The van der Waals surface area contributed by atoms with Crippen LogP contribution in [0.5, 0.6) is 0 Å². The van der Waals surface area contributed by atoms with Crippen LogP contribution in [0.1, 0.15) is 44.3 Å². The number of rotatable bonds is 5. The Labute approximate surface area is 166 Å². The van der Waals surface area contributed by atoms with Gasteiger partial charge in [-0.05, 0) is 37.8 Å². The summed E-state index contributed by atoms with van der Waals surface area (Å²) in [5.74, 6) is 1.68. The van der Waals surface area contributed by atoms with E-state index < -0.39 is 0 Å². The lowest BCUT2D eigenvalue weighted by molar-refractivity contribution is -0.139. The fourth-order valence-corrected chi connectivity index (χ4v) is 4.65. The van der Waals surface area contributed by atoms with Crippen molar-refractivity contribution >= 4 is 22.8 Å². The number of nitrogens with one attached hydrogen (secondary N) is 1. The summed E-state index contributed by atoms with van der Waals surface area (Å²) in [5.41, 5.74) is 2.11. The smallest absolute Gasteiger partial charge is 0.225 e. The molecule has 1 aromatic heterocycles. The van der Waals surface area contributed by atoms with Gasteiger partial charge in [-0.1, -0.05) is 25.0 Å². The highest BCUT2D eigenvalue weighted by Crippen LogP contribution is 2.28. The van der Waals surface area contributed by atoms with Crippen LogP contribution >= 0.6 is 0 Å². The number of carbonyl (C=O) groups is 2. The number of aromatic nitrogens is 2. The summed E-state index contributed by atoms with van der Waals surface area (Å²) in [6.07, 6.45) is 6.72. The first kappa shape index (κ1) is 19.0. The van der Waals surface area contributed by atoms with Crippen LogP contribution < -0.4 is 5.32 Å². The van der Waals surface area contributed by atoms with Crippen LogP contribution in [-0.2, 0) is 23.1 Å². The minimum absolute atomic E-state index is 0.0214. The van der Waals surface area contributed by atoms with Gasteiger partial charge >= 0.3 is 0 Å². The number of benzene rings is 1. The molecule has 0 radical (unpaired) electrons. The van der Waals surface area contributed by atoms with E-state index in [0.717, 1.165) is 62.1 Å². The molecule has 4 rings (SSSR count). The maximum Gasteiger partial charge on any atom is 0.225 e. The fourth-order valence-electron chi connectivity index (χ4n) is 4.65. The molecule has 1 aliphatic heterocycles. The Morgan fingerprint density at radius 1 is 1.07 bits per heavy atom. The monoisotopic (exact) mass is 382 g/mol. The van der Waals surface area contributed by atoms with Gasteiger partial charge in [-0.3, -0.25) is 9.59 Å². The lowest BCUT2D eigenvalue weighted by atomic mass is 9.94. The van der Waals surface area contributed by atoms with Gasteiger partial charge in [0.25, 0.3) is 0 Å². The van der Waals surface area contributed by atoms with Gasteiger partial charge in [0.05, 0.1) is 11.0 Å². The molecule has 2 amide bonds. The first-order valence-corrected chi connectivity index (χ1v) is 10.6. The molecule has 6 heteroatoms. The molecule has 1 aliphatic carbocycles. The van der Waals surface area contributed by atoms with Crippen molar-refractivity contribution in [3.63, 3.8) is 0 Å². The number of carbonyl (C=O) groups excluding carboxylic acids is 2. The van der Waals surface area contributed by atoms with Crippen LogP contribution in [0.25, 0.3) is 11.0 Å². The summed E-state index contributed by atoms with van der Waals surface area (Å²) < 4.78 is 2.09. The van der Waals surface area contributed by atoms with Gasteiger partial charge < -0.3 is 14.8 Å². The number of piperidine rings is 1. The summed E-state index contributed by atoms with van der Waals surface area (Å²) in [6.45, 7) is 2.04. The zero-order valence-electron chi connectivity index (χ0n) is 16.7. The van der Waals surface area contributed by atoms with Crippen molar-refractivity contribution in [2.75, 3.05) is 19.6 Å². The standard InChI is InChI=1S/C22H30N4O2/c1-25-19-9-5-4-8-18(19)24-20(25)10-13-23-21(27)16-11-14-26(15-12-16)22(28)17-6-2-3-7-17/h4-5,8-9,16-17H,2-3,6-7,10-15H2,1H3,(H,23,27). The molecule has 1 saturated heterocycles. The average Bonchev–Trinajstić information content (AvgIpc) is 3.37. The molecule has 150 valence electrons. The van der Waals surface area contributed by atoms with Crippen molar-refractivity contribution in [2.45, 2.75) is 44.9 Å². The van der Waals surface area contributed by atoms with E-state index in [0.29, 0.717) is 12.5 Å². The van der Waals surface area contributed by atoms with Crippen molar-refractivity contribution in [3.8, 4) is 0 Å². The number of aryl methyl sites for hydroxylation is 1. The number of hydrogen-bond acceptors (Lipinski definition) is 3. The predicted molar refractivity (Wildman–Crippen MR) is 109 cm³/mol. The average molecular weight is 383 g/mol. The second kappa shape index (κ2) is 8.33. The Bertz CT molecular complexity index is 845. The summed E-state index contributed by atoms with van der Waals surface area (Å²) in [6, 6.07) is 8.08. The highest BCUT2D eigenvalue weighted by molar-refractivity contribution is 5.81. The van der Waals surface area contributed by atoms with E-state index in [1.807, 2.05) is 30.1 Å². The third-order valence-corrected chi connectivity index (χ3v) is 6.41. The van der Waals surface area contributed by atoms with E-state index in [9.17, 15) is 9.59 Å². The molecular formula is C22H30N4O2. The van der Waals surface area contributed by atoms with E-state index >= 15 is 0 Å². The van der Waals surface area contributed by atoms with E-state index in [1.54, 1.807) is 0 Å². The van der Waals surface area contributed by atoms with E-state index in [4.69, 9.17) is 0 Å². The molecule has 6 nitrogen and oxygen atoms in total. The molecule has 0 spiro atoms. The number of fused-ring (bicyclic) bond motifs is 1. The maximum atomic E-state index is 12.5. The predicted octanol–water partition coefficient (Wildman–Crippen LogP) is 2.66. The molecule has 1 aromatic carbocycles. The lowest BCUT2D eigenvalue weighted by Gasteiger charge is -2.33. The van der Waals surface area contributed by atoms with E-state index in [1.165, 1.54) is 12.8 Å². The topological polar surface area (TPSA) is 67.2 Å². The zero-order chi connectivity index (χ0) is 19.5. The largest absolute Gasteiger partial charge is 0.355 e. The third kappa shape index (κ3) is 3.91. The quantitative estimate of drug-likeness (QED) is 0.864. The van der Waals surface area contributed by atoms with Crippen LogP contribution in [0, 0.1) is 11.8 Å². The van der Waals surface area contributed by atoms with Gasteiger partial charge in [0.1, 0.15) is 5.82 Å². The Balaban J connectivity index is 1.23. The SMILES string of the molecule is Cn1c(CCNC(=O)C2CCN(C(=O)C3CCCC3)CC2)nc2ccccc21. The number of hydrogen-bond donors (Lipinski definition) is 1. The van der Waals surface area contributed by atoms with Crippen molar-refractivity contribution < 1.29 is 9.59 Å². The number of para-hydroxylation sites is 2. The number of amides is 2. The van der Waals surface area contributed by atoms with Gasteiger partial charge in [0, 0.05) is 44.9 Å². The molecular weight excluding hydrogens is 352 g/mol. The lowest BCUT2D eigenvalue weighted by Crippen LogP contribution is -2.45. The molecule has 2 aromatic rings. The maximum absolute atomic E-state index is 12.5. The molecule has 0 atom stereocenters. The summed E-state index contributed by atoms with van der Waals surface area (Å²) >= 11 is 0. The van der Waals surface area contributed by atoms with E-state index in [-0.39, 0.29) is 17.7 Å². The van der Waals surface area contributed by atoms with Crippen molar-refractivity contribution in [1.29, 1.82) is 0 Å². The second-order valence-electron chi connectivity index (χ2n) is 8.20. The first-order valence-electron chi connectivity index (χ1n) is 10.6. The molecule has 28 heavy (non-hydrogen) atoms. The van der Waals surface area contributed by atoms with Crippen LogP contribution in [0.2, 0.25) is 0 Å². The summed E-state index contributed by atoms with van der Waals surface area (Å²) in [4.78, 5) is 31.7. The fraction of sp³-hybridized carbons (Fsp3) is 0.591. The van der Waals surface area contributed by atoms with Crippen molar-refractivity contribution in [1.82, 2.24) is 19.8 Å². The molecule has 2 heterocycles. The minimum atomic E-state index is 0.0214. The molecule has 1 saturated carbocycles. The third-order valence-electron chi connectivity index (χ3n) is 6.41. The first-order chi connectivity index (χ1) is 13.6. The molecule has 0 bridgehead atoms.